The number of nitrogens with two attached hydrogens (primary N) is 1. The second-order valence-corrected chi connectivity index (χ2v) is 4.57. The Hall–Kier alpha value is -1.30. The smallest absolute Gasteiger partial charge is 0.161 e. The van der Waals surface area contributed by atoms with E-state index in [9.17, 15) is 0 Å². The van der Waals surface area contributed by atoms with E-state index in [1.165, 1.54) is 0 Å². The summed E-state index contributed by atoms with van der Waals surface area (Å²) in [5, 5.41) is 1.90. The molecule has 1 aromatic carbocycles. The highest BCUT2D eigenvalue weighted by molar-refractivity contribution is 5.44. The lowest BCUT2D eigenvalue weighted by atomic mass is 10.1. The van der Waals surface area contributed by atoms with Gasteiger partial charge in [-0.1, -0.05) is 6.07 Å². The van der Waals surface area contributed by atoms with Crippen LogP contribution in [0.2, 0.25) is 0 Å². The van der Waals surface area contributed by atoms with Crippen molar-refractivity contribution in [3.05, 3.63) is 23.8 Å². The molecule has 0 amide bonds. The minimum Gasteiger partial charge on any atom is -0.490 e. The van der Waals surface area contributed by atoms with E-state index in [4.69, 9.17) is 15.2 Å². The van der Waals surface area contributed by atoms with Gasteiger partial charge in [0.25, 0.3) is 0 Å². The molecule has 100 valence electrons. The third-order valence-electron chi connectivity index (χ3n) is 2.82. The van der Waals surface area contributed by atoms with Crippen LogP contribution in [0.25, 0.3) is 0 Å². The van der Waals surface area contributed by atoms with Crippen LogP contribution < -0.4 is 20.6 Å². The summed E-state index contributed by atoms with van der Waals surface area (Å²) in [7, 11) is 3.90. The zero-order valence-corrected chi connectivity index (χ0v) is 11.0. The van der Waals surface area contributed by atoms with E-state index >= 15 is 0 Å². The summed E-state index contributed by atoms with van der Waals surface area (Å²) in [6, 6.07) is 6.07. The number of hydrogen-bond donors (Lipinski definition) is 2. The van der Waals surface area contributed by atoms with Crippen molar-refractivity contribution < 1.29 is 9.47 Å². The number of benzene rings is 1. The van der Waals surface area contributed by atoms with Crippen LogP contribution >= 0.6 is 0 Å². The van der Waals surface area contributed by atoms with Gasteiger partial charge in [-0.05, 0) is 17.7 Å². The molecule has 1 heterocycles. The first-order valence-corrected chi connectivity index (χ1v) is 6.24. The third kappa shape index (κ3) is 3.13. The van der Waals surface area contributed by atoms with Crippen LogP contribution in [0.3, 0.4) is 0 Å². The zero-order valence-electron chi connectivity index (χ0n) is 11.0. The Labute approximate surface area is 108 Å². The van der Waals surface area contributed by atoms with Crippen molar-refractivity contribution in [1.29, 1.82) is 0 Å². The van der Waals surface area contributed by atoms with E-state index in [1.54, 1.807) is 0 Å². The number of nitrogens with one attached hydrogen (secondary N) is 1. The normalized spacial score (nSPS) is 16.4. The zero-order chi connectivity index (χ0) is 13.0. The van der Waals surface area contributed by atoms with Crippen LogP contribution in [0.1, 0.15) is 18.0 Å². The van der Waals surface area contributed by atoms with Crippen LogP contribution in [-0.2, 0) is 0 Å². The number of nitrogens with zero attached hydrogens (tertiary/aromatic N) is 1. The van der Waals surface area contributed by atoms with E-state index in [0.717, 1.165) is 23.5 Å². The number of fused-ring (bicyclic) bond motifs is 1. The van der Waals surface area contributed by atoms with Gasteiger partial charge in [-0.2, -0.15) is 0 Å². The summed E-state index contributed by atoms with van der Waals surface area (Å²) in [5.41, 5.74) is 10.2. The summed E-state index contributed by atoms with van der Waals surface area (Å²) in [4.78, 5) is 0. The molecule has 0 fully saturated rings. The van der Waals surface area contributed by atoms with Crippen LogP contribution in [0, 0.1) is 0 Å². The molecular formula is C13H21N3O2. The molecule has 3 N–H and O–H groups in total. The Balaban J connectivity index is 2.20. The Morgan fingerprint density at radius 1 is 1.28 bits per heavy atom. The van der Waals surface area contributed by atoms with Gasteiger partial charge in [0.1, 0.15) is 0 Å². The van der Waals surface area contributed by atoms with Crippen molar-refractivity contribution in [2.75, 3.05) is 33.9 Å². The predicted molar refractivity (Wildman–Crippen MR) is 70.7 cm³/mol. The third-order valence-corrected chi connectivity index (χ3v) is 2.82. The van der Waals surface area contributed by atoms with Gasteiger partial charge in [-0.15, -0.1) is 0 Å². The SMILES string of the molecule is CN(C)NC(CN)c1ccc2c(c1)OCCCO2. The van der Waals surface area contributed by atoms with Crippen molar-refractivity contribution in [2.45, 2.75) is 12.5 Å². The average Bonchev–Trinajstić information content (AvgIpc) is 2.59. The maximum Gasteiger partial charge on any atom is 0.161 e. The van der Waals surface area contributed by atoms with Crippen molar-refractivity contribution in [1.82, 2.24) is 10.4 Å². The molecule has 2 rings (SSSR count). The second-order valence-electron chi connectivity index (χ2n) is 4.57. The molecule has 0 spiro atoms. The lowest BCUT2D eigenvalue weighted by molar-refractivity contribution is 0.245. The van der Waals surface area contributed by atoms with Gasteiger partial charge in [0.15, 0.2) is 11.5 Å². The molecule has 1 atom stereocenters. The van der Waals surface area contributed by atoms with Gasteiger partial charge >= 0.3 is 0 Å². The van der Waals surface area contributed by atoms with E-state index in [-0.39, 0.29) is 6.04 Å². The van der Waals surface area contributed by atoms with E-state index in [2.05, 4.69) is 5.43 Å². The van der Waals surface area contributed by atoms with Gasteiger partial charge in [-0.3, -0.25) is 0 Å². The highest BCUT2D eigenvalue weighted by atomic mass is 16.5. The van der Waals surface area contributed by atoms with Gasteiger partial charge in [0.05, 0.1) is 19.3 Å². The average molecular weight is 251 g/mol. The van der Waals surface area contributed by atoms with E-state index in [0.29, 0.717) is 19.8 Å². The first-order valence-electron chi connectivity index (χ1n) is 6.24. The minimum absolute atomic E-state index is 0.0807. The monoisotopic (exact) mass is 251 g/mol. The summed E-state index contributed by atoms with van der Waals surface area (Å²) in [5.74, 6) is 1.63. The summed E-state index contributed by atoms with van der Waals surface area (Å²) < 4.78 is 11.3. The molecule has 0 aliphatic carbocycles. The Morgan fingerprint density at radius 2 is 2.00 bits per heavy atom. The maximum atomic E-state index is 5.80. The van der Waals surface area contributed by atoms with Crippen LogP contribution in [0.5, 0.6) is 11.5 Å². The molecule has 5 nitrogen and oxygen atoms in total. The van der Waals surface area contributed by atoms with Crippen molar-refractivity contribution in [3.8, 4) is 11.5 Å². The second kappa shape index (κ2) is 6.04. The Bertz CT molecular complexity index is 396. The fourth-order valence-electron chi connectivity index (χ4n) is 1.97. The molecule has 1 aromatic rings. The number of ether oxygens (including phenoxy) is 2. The summed E-state index contributed by atoms with van der Waals surface area (Å²) in [6.07, 6.45) is 0.917. The van der Waals surface area contributed by atoms with Crippen LogP contribution in [0.15, 0.2) is 18.2 Å². The standard InChI is InChI=1S/C13H21N3O2/c1-16(2)15-11(9-14)10-4-5-12-13(8-10)18-7-3-6-17-12/h4-5,8,11,15H,3,6-7,9,14H2,1-2H3. The number of hydrogen-bond acceptors (Lipinski definition) is 5. The molecule has 0 saturated carbocycles. The molecule has 0 radical (unpaired) electrons. The highest BCUT2D eigenvalue weighted by Gasteiger charge is 2.15. The summed E-state index contributed by atoms with van der Waals surface area (Å²) in [6.45, 7) is 1.94. The Morgan fingerprint density at radius 3 is 2.67 bits per heavy atom. The lowest BCUT2D eigenvalue weighted by Gasteiger charge is -2.22. The van der Waals surface area contributed by atoms with Crippen LogP contribution in [0.4, 0.5) is 0 Å². The minimum atomic E-state index is 0.0807. The fourth-order valence-corrected chi connectivity index (χ4v) is 1.97. The predicted octanol–water partition coefficient (Wildman–Crippen LogP) is 0.914. The van der Waals surface area contributed by atoms with Crippen molar-refractivity contribution >= 4 is 0 Å². The molecular weight excluding hydrogens is 230 g/mol. The molecule has 1 aliphatic heterocycles. The Kier molecular flexibility index (Phi) is 4.41. The van der Waals surface area contributed by atoms with Gasteiger partial charge < -0.3 is 15.2 Å². The maximum absolute atomic E-state index is 5.80. The molecule has 18 heavy (non-hydrogen) atoms. The number of rotatable bonds is 4. The van der Waals surface area contributed by atoms with Gasteiger partial charge in [0.2, 0.25) is 0 Å². The fraction of sp³-hybridized carbons (Fsp3) is 0.538. The molecule has 0 aromatic heterocycles. The molecule has 1 aliphatic rings. The summed E-state index contributed by atoms with van der Waals surface area (Å²) >= 11 is 0. The molecule has 1 unspecified atom stereocenters. The van der Waals surface area contributed by atoms with Crippen molar-refractivity contribution in [2.24, 2.45) is 5.73 Å². The van der Waals surface area contributed by atoms with E-state index in [1.807, 2.05) is 37.3 Å². The quantitative estimate of drug-likeness (QED) is 0.779. The first kappa shape index (κ1) is 13.1. The first-order chi connectivity index (χ1) is 8.70. The topological polar surface area (TPSA) is 59.8 Å². The molecule has 5 heteroatoms. The number of hydrazine groups is 1. The molecule has 0 saturated heterocycles. The van der Waals surface area contributed by atoms with Gasteiger partial charge in [-0.25, -0.2) is 10.4 Å². The van der Waals surface area contributed by atoms with Crippen molar-refractivity contribution in [3.63, 3.8) is 0 Å². The lowest BCUT2D eigenvalue weighted by Crippen LogP contribution is -2.37. The molecule has 0 bridgehead atoms. The van der Waals surface area contributed by atoms with Crippen LogP contribution in [-0.4, -0.2) is 38.9 Å². The van der Waals surface area contributed by atoms with Gasteiger partial charge in [0, 0.05) is 27.1 Å². The van der Waals surface area contributed by atoms with E-state index < -0.39 is 0 Å². The largest absolute Gasteiger partial charge is 0.490 e. The highest BCUT2D eigenvalue weighted by Crippen LogP contribution is 2.32.